The average molecular weight is 591 g/mol. The maximum atomic E-state index is 13.7. The predicted octanol–water partition coefficient (Wildman–Crippen LogP) is 6.00. The molecule has 2 aliphatic rings. The molecule has 0 radical (unpaired) electrons. The molecule has 0 aliphatic carbocycles. The molecule has 1 saturated heterocycles. The molecule has 42 heavy (non-hydrogen) atoms. The number of hydrogen-bond acceptors (Lipinski definition) is 9. The number of fused-ring (bicyclic) bond motifs is 1. The molecule has 0 spiro atoms. The lowest BCUT2D eigenvalue weighted by Crippen LogP contribution is -2.29. The van der Waals surface area contributed by atoms with E-state index in [-0.39, 0.29) is 34.1 Å². The maximum absolute atomic E-state index is 13.7. The van der Waals surface area contributed by atoms with E-state index >= 15 is 0 Å². The first-order valence-electron chi connectivity index (χ1n) is 14.1. The van der Waals surface area contributed by atoms with Gasteiger partial charge in [-0.1, -0.05) is 37.3 Å². The largest absolute Gasteiger partial charge is 0.507 e. The Morgan fingerprint density at radius 1 is 1.21 bits per heavy atom. The Labute approximate surface area is 248 Å². The van der Waals surface area contributed by atoms with Crippen LogP contribution in [0, 0.1) is 12.8 Å². The summed E-state index contributed by atoms with van der Waals surface area (Å²) in [6.07, 6.45) is 1.53. The van der Waals surface area contributed by atoms with Crippen molar-refractivity contribution in [1.82, 2.24) is 4.98 Å². The normalized spacial score (nSPS) is 19.2. The fraction of sp³-hybridized carbons (Fsp3) is 0.375. The third kappa shape index (κ3) is 5.63. The van der Waals surface area contributed by atoms with Gasteiger partial charge in [0.2, 0.25) is 0 Å². The first-order chi connectivity index (χ1) is 20.1. The lowest BCUT2D eigenvalue weighted by atomic mass is 9.94. The van der Waals surface area contributed by atoms with Crippen LogP contribution < -0.4 is 14.4 Å². The average Bonchev–Trinajstić information content (AvgIpc) is 3.60. The minimum Gasteiger partial charge on any atom is -0.507 e. The van der Waals surface area contributed by atoms with Crippen LogP contribution in [0.15, 0.2) is 48.0 Å². The molecule has 1 aromatic heterocycles. The van der Waals surface area contributed by atoms with E-state index in [1.54, 1.807) is 50.2 Å². The molecule has 3 aromatic rings. The van der Waals surface area contributed by atoms with E-state index in [1.807, 2.05) is 13.0 Å². The summed E-state index contributed by atoms with van der Waals surface area (Å²) in [6.45, 7) is 10.2. The number of carbonyl (C=O) groups excluding carboxylic acids is 3. The number of aromatic nitrogens is 1. The van der Waals surface area contributed by atoms with Crippen molar-refractivity contribution in [2.45, 2.75) is 59.6 Å². The molecule has 2 atom stereocenters. The summed E-state index contributed by atoms with van der Waals surface area (Å²) in [7, 11) is 0. The van der Waals surface area contributed by atoms with E-state index in [0.29, 0.717) is 41.5 Å². The summed E-state index contributed by atoms with van der Waals surface area (Å²) in [5.41, 5.74) is 2.18. The Hall–Kier alpha value is -4.18. The molecule has 220 valence electrons. The number of nitrogens with zero attached hydrogens (tertiary/aromatic N) is 2. The maximum Gasteiger partial charge on any atom is 0.350 e. The van der Waals surface area contributed by atoms with Crippen LogP contribution in [0.3, 0.4) is 0 Å². The molecular weight excluding hydrogens is 556 g/mol. The van der Waals surface area contributed by atoms with Crippen LogP contribution in [0.25, 0.3) is 5.76 Å². The fourth-order valence-corrected chi connectivity index (χ4v) is 6.12. The lowest BCUT2D eigenvalue weighted by Gasteiger charge is -2.23. The van der Waals surface area contributed by atoms with Gasteiger partial charge >= 0.3 is 11.9 Å². The van der Waals surface area contributed by atoms with Crippen LogP contribution in [-0.2, 0) is 20.7 Å². The van der Waals surface area contributed by atoms with E-state index in [1.165, 1.54) is 4.90 Å². The SMILES string of the molecule is CCOC(=O)c1sc(N2C(=O)C(=O)C(=C(O)c3ccc4c(c3)C[C@H](C)O4)[C@H]2c2cccc(OCCC(C)C)c2)nc1C. The molecule has 2 aliphatic heterocycles. The van der Waals surface area contributed by atoms with Gasteiger partial charge in [0.25, 0.3) is 5.78 Å². The van der Waals surface area contributed by atoms with Gasteiger partial charge < -0.3 is 19.3 Å². The van der Waals surface area contributed by atoms with Gasteiger partial charge in [0.1, 0.15) is 28.2 Å². The molecular formula is C32H34N2O7S. The number of ketones is 1. The topological polar surface area (TPSA) is 115 Å². The summed E-state index contributed by atoms with van der Waals surface area (Å²) >= 11 is 0.972. The summed E-state index contributed by atoms with van der Waals surface area (Å²) in [5, 5.41) is 11.8. The first kappa shape index (κ1) is 29.3. The van der Waals surface area contributed by atoms with Crippen molar-refractivity contribution >= 4 is 39.9 Å². The molecule has 0 bridgehead atoms. The molecule has 1 amide bonds. The third-order valence-corrected chi connectivity index (χ3v) is 8.34. The number of aryl methyl sites for hydroxylation is 1. The number of thiazole rings is 1. The monoisotopic (exact) mass is 590 g/mol. The van der Waals surface area contributed by atoms with E-state index in [4.69, 9.17) is 14.2 Å². The molecule has 2 aromatic carbocycles. The number of benzene rings is 2. The molecule has 5 rings (SSSR count). The second-order valence-electron chi connectivity index (χ2n) is 10.9. The summed E-state index contributed by atoms with van der Waals surface area (Å²) in [4.78, 5) is 45.8. The highest BCUT2D eigenvalue weighted by Gasteiger charge is 2.48. The quantitative estimate of drug-likeness (QED) is 0.140. The summed E-state index contributed by atoms with van der Waals surface area (Å²) < 4.78 is 16.9. The highest BCUT2D eigenvalue weighted by Crippen LogP contribution is 2.45. The second-order valence-corrected chi connectivity index (χ2v) is 11.8. The number of esters is 1. The molecule has 0 saturated carbocycles. The molecule has 1 N–H and O–H groups in total. The van der Waals surface area contributed by atoms with Crippen LogP contribution in [0.1, 0.15) is 72.2 Å². The van der Waals surface area contributed by atoms with Crippen LogP contribution in [0.5, 0.6) is 11.5 Å². The number of hydrogen-bond donors (Lipinski definition) is 1. The van der Waals surface area contributed by atoms with Crippen molar-refractivity contribution in [3.05, 3.63) is 75.3 Å². The summed E-state index contributed by atoms with van der Waals surface area (Å²) in [6, 6.07) is 11.3. The number of Topliss-reactive ketones (excluding diaryl/α,β-unsaturated/α-hetero) is 1. The molecule has 10 heteroatoms. The van der Waals surface area contributed by atoms with Crippen molar-refractivity contribution in [1.29, 1.82) is 0 Å². The molecule has 3 heterocycles. The standard InChI is InChI=1S/C32H34N2O7S/c1-6-39-31(38)29-19(5)33-32(42-29)34-26(20-8-7-9-23(16-20)40-13-12-17(2)3)25(28(36)30(34)37)27(35)21-10-11-24-22(15-21)14-18(4)41-24/h7-11,15-18,26,35H,6,12-14H2,1-5H3/t18-,26+/m0/s1. The van der Waals surface area contributed by atoms with Crippen LogP contribution in [-0.4, -0.2) is 47.1 Å². The van der Waals surface area contributed by atoms with Crippen molar-refractivity contribution < 1.29 is 33.7 Å². The zero-order valence-corrected chi connectivity index (χ0v) is 25.1. The van der Waals surface area contributed by atoms with Crippen molar-refractivity contribution in [3.8, 4) is 11.5 Å². The number of carbonyl (C=O) groups is 3. The Morgan fingerprint density at radius 2 is 2.00 bits per heavy atom. The van der Waals surface area contributed by atoms with Gasteiger partial charge in [-0.3, -0.25) is 14.5 Å². The second kappa shape index (κ2) is 12.0. The smallest absolute Gasteiger partial charge is 0.350 e. The number of aliphatic hydroxyl groups excluding tert-OH is 1. The number of aliphatic hydroxyl groups is 1. The number of amides is 1. The van der Waals surface area contributed by atoms with Gasteiger partial charge in [-0.15, -0.1) is 0 Å². The van der Waals surface area contributed by atoms with E-state index < -0.39 is 23.7 Å². The van der Waals surface area contributed by atoms with Crippen molar-refractivity contribution in [3.63, 3.8) is 0 Å². The minimum atomic E-state index is -1.01. The van der Waals surface area contributed by atoms with Gasteiger partial charge in [0.05, 0.1) is 30.5 Å². The van der Waals surface area contributed by atoms with Crippen LogP contribution in [0.4, 0.5) is 5.13 Å². The van der Waals surface area contributed by atoms with Crippen molar-refractivity contribution in [2.24, 2.45) is 5.92 Å². The highest BCUT2D eigenvalue weighted by molar-refractivity contribution is 7.17. The summed E-state index contributed by atoms with van der Waals surface area (Å²) in [5.74, 6) is -0.788. The minimum absolute atomic E-state index is 0.00292. The van der Waals surface area contributed by atoms with Gasteiger partial charge in [0, 0.05) is 12.0 Å². The first-order valence-corrected chi connectivity index (χ1v) is 14.9. The number of ether oxygens (including phenoxy) is 3. The highest BCUT2D eigenvalue weighted by atomic mass is 32.1. The third-order valence-electron chi connectivity index (χ3n) is 7.20. The van der Waals surface area contributed by atoms with E-state index in [2.05, 4.69) is 18.8 Å². The Kier molecular flexibility index (Phi) is 8.36. The van der Waals surface area contributed by atoms with Gasteiger partial charge in [-0.25, -0.2) is 9.78 Å². The van der Waals surface area contributed by atoms with Gasteiger partial charge in [-0.2, -0.15) is 0 Å². The lowest BCUT2D eigenvalue weighted by molar-refractivity contribution is -0.132. The fourth-order valence-electron chi connectivity index (χ4n) is 5.13. The zero-order valence-electron chi connectivity index (χ0n) is 24.3. The number of rotatable bonds is 9. The Bertz CT molecular complexity index is 1570. The van der Waals surface area contributed by atoms with Crippen LogP contribution >= 0.6 is 11.3 Å². The van der Waals surface area contributed by atoms with E-state index in [0.717, 1.165) is 29.1 Å². The number of anilines is 1. The predicted molar refractivity (Wildman–Crippen MR) is 159 cm³/mol. The van der Waals surface area contributed by atoms with Crippen LogP contribution in [0.2, 0.25) is 0 Å². The Morgan fingerprint density at radius 3 is 2.74 bits per heavy atom. The van der Waals surface area contributed by atoms with Crippen molar-refractivity contribution in [2.75, 3.05) is 18.1 Å². The Balaban J connectivity index is 1.63. The molecule has 1 fully saturated rings. The zero-order chi connectivity index (χ0) is 30.1. The van der Waals surface area contributed by atoms with Gasteiger partial charge in [-0.05, 0) is 74.6 Å². The molecule has 9 nitrogen and oxygen atoms in total. The van der Waals surface area contributed by atoms with Gasteiger partial charge in [0.15, 0.2) is 5.13 Å². The van der Waals surface area contributed by atoms with E-state index in [9.17, 15) is 19.5 Å². The molecule has 0 unspecified atom stereocenters.